The minimum Gasteiger partial charge on any atom is -0.507 e. The molecule has 19 heavy (non-hydrogen) atoms. The predicted molar refractivity (Wildman–Crippen MR) is 80.1 cm³/mol. The van der Waals surface area contributed by atoms with Crippen molar-refractivity contribution < 1.29 is 14.3 Å². The lowest BCUT2D eigenvalue weighted by Gasteiger charge is -2.17. The lowest BCUT2D eigenvalue weighted by Crippen LogP contribution is -2.26. The van der Waals surface area contributed by atoms with Crippen molar-refractivity contribution in [3.05, 3.63) is 51.0 Å². The van der Waals surface area contributed by atoms with E-state index in [1.807, 2.05) is 35.6 Å². The Morgan fingerprint density at radius 2 is 2.16 bits per heavy atom. The van der Waals surface area contributed by atoms with E-state index in [1.54, 1.807) is 30.3 Å². The van der Waals surface area contributed by atoms with E-state index in [1.165, 1.54) is 6.07 Å². The molecule has 0 aliphatic heterocycles. The Bertz CT molecular complexity index is 606. The number of phenolic OH excluding ortho intramolecular Hbond substituents is 1. The average Bonchev–Trinajstić information content (AvgIpc) is 2.77. The average molecular weight is 371 g/mol. The Morgan fingerprint density at radius 3 is 2.74 bits per heavy atom. The number of nitrogens with zero attached hydrogens (tertiary/aromatic N) is 1. The number of carbonyl (C=O) groups excluding carboxylic acids is 1. The van der Waals surface area contributed by atoms with Crippen LogP contribution in [-0.2, 0) is 6.54 Å². The number of hydrogen-bond acceptors (Lipinski definition) is 3. The number of rotatable bonds is 3. The van der Waals surface area contributed by atoms with Crippen LogP contribution in [0.4, 0.5) is 0 Å². The van der Waals surface area contributed by atoms with Gasteiger partial charge in [0.1, 0.15) is 11.5 Å². The van der Waals surface area contributed by atoms with Crippen LogP contribution in [0, 0.1) is 10.5 Å². The molecule has 2 rings (SSSR count). The maximum absolute atomic E-state index is 12.2. The molecule has 5 heteroatoms. The zero-order chi connectivity index (χ0) is 14.0. The summed E-state index contributed by atoms with van der Waals surface area (Å²) in [6.45, 7) is 2.35. The summed E-state index contributed by atoms with van der Waals surface area (Å²) in [5.41, 5.74) is 1.45. The molecule has 0 radical (unpaired) electrons. The lowest BCUT2D eigenvalue weighted by molar-refractivity contribution is 0.0784. The Hall–Kier alpha value is -1.50. The van der Waals surface area contributed by atoms with E-state index in [9.17, 15) is 9.90 Å². The highest BCUT2D eigenvalue weighted by atomic mass is 127. The second-order valence-corrected chi connectivity index (χ2v) is 5.49. The maximum Gasteiger partial charge on any atom is 0.254 e. The number of hydrogen-bond donors (Lipinski definition) is 1. The fourth-order valence-corrected chi connectivity index (χ4v) is 2.10. The molecule has 0 fully saturated rings. The van der Waals surface area contributed by atoms with Gasteiger partial charge in [-0.05, 0) is 53.8 Å². The van der Waals surface area contributed by atoms with Crippen LogP contribution >= 0.6 is 22.6 Å². The van der Waals surface area contributed by atoms with Crippen molar-refractivity contribution >= 4 is 28.5 Å². The highest BCUT2D eigenvalue weighted by Crippen LogP contribution is 2.21. The third-order valence-corrected chi connectivity index (χ3v) is 3.83. The second-order valence-electron chi connectivity index (χ2n) is 4.33. The van der Waals surface area contributed by atoms with Crippen molar-refractivity contribution in [2.75, 3.05) is 7.05 Å². The lowest BCUT2D eigenvalue weighted by atomic mass is 10.1. The zero-order valence-electron chi connectivity index (χ0n) is 10.7. The summed E-state index contributed by atoms with van der Waals surface area (Å²) >= 11 is 2.02. The Balaban J connectivity index is 2.15. The predicted octanol–water partition coefficient (Wildman–Crippen LogP) is 3.17. The molecule has 1 N–H and O–H groups in total. The smallest absolute Gasteiger partial charge is 0.254 e. The van der Waals surface area contributed by atoms with Gasteiger partial charge in [0, 0.05) is 24.7 Å². The molecular formula is C14H14INO3. The molecule has 0 spiro atoms. The van der Waals surface area contributed by atoms with E-state index in [0.29, 0.717) is 12.1 Å². The normalized spacial score (nSPS) is 10.5. The van der Waals surface area contributed by atoms with Gasteiger partial charge < -0.3 is 14.4 Å². The SMILES string of the molecule is Cc1occc1CN(C)C(=O)c1ccc(I)c(O)c1. The third-order valence-electron chi connectivity index (χ3n) is 2.91. The van der Waals surface area contributed by atoms with Gasteiger partial charge >= 0.3 is 0 Å². The second kappa shape index (κ2) is 5.64. The standard InChI is InChI=1S/C14H14INO3/c1-9-11(5-6-19-9)8-16(2)14(18)10-3-4-12(15)13(17)7-10/h3-7,17H,8H2,1-2H3. The van der Waals surface area contributed by atoms with Crippen LogP contribution in [0.5, 0.6) is 5.75 Å². The molecular weight excluding hydrogens is 357 g/mol. The Labute approximate surface area is 125 Å². The first-order chi connectivity index (χ1) is 8.99. The summed E-state index contributed by atoms with van der Waals surface area (Å²) in [5.74, 6) is 0.803. The summed E-state index contributed by atoms with van der Waals surface area (Å²) in [4.78, 5) is 13.8. The Morgan fingerprint density at radius 1 is 1.42 bits per heavy atom. The first kappa shape index (κ1) is 13.9. The van der Waals surface area contributed by atoms with Gasteiger partial charge in [-0.15, -0.1) is 0 Å². The molecule has 1 aromatic carbocycles. The molecule has 0 aliphatic carbocycles. The number of aryl methyl sites for hydroxylation is 1. The number of phenols is 1. The van der Waals surface area contributed by atoms with E-state index in [2.05, 4.69) is 0 Å². The van der Waals surface area contributed by atoms with Crippen LogP contribution in [0.1, 0.15) is 21.7 Å². The van der Waals surface area contributed by atoms with Crippen LogP contribution in [-0.4, -0.2) is 23.0 Å². The van der Waals surface area contributed by atoms with Crippen molar-refractivity contribution in [1.82, 2.24) is 4.90 Å². The van der Waals surface area contributed by atoms with Gasteiger partial charge in [-0.3, -0.25) is 4.79 Å². The van der Waals surface area contributed by atoms with Crippen LogP contribution in [0.2, 0.25) is 0 Å². The summed E-state index contributed by atoms with van der Waals surface area (Å²) in [5, 5.41) is 9.64. The van der Waals surface area contributed by atoms with Crippen LogP contribution in [0.15, 0.2) is 34.9 Å². The number of aromatic hydroxyl groups is 1. The van der Waals surface area contributed by atoms with Gasteiger partial charge in [-0.25, -0.2) is 0 Å². The van der Waals surface area contributed by atoms with Crippen molar-refractivity contribution in [2.45, 2.75) is 13.5 Å². The van der Waals surface area contributed by atoms with Gasteiger partial charge in [0.2, 0.25) is 0 Å². The summed E-state index contributed by atoms with van der Waals surface area (Å²) < 4.78 is 5.93. The molecule has 0 saturated heterocycles. The minimum absolute atomic E-state index is 0.124. The fraction of sp³-hybridized carbons (Fsp3) is 0.214. The first-order valence-electron chi connectivity index (χ1n) is 5.76. The molecule has 2 aromatic rings. The molecule has 1 amide bonds. The van der Waals surface area contributed by atoms with E-state index in [-0.39, 0.29) is 11.7 Å². The molecule has 4 nitrogen and oxygen atoms in total. The van der Waals surface area contributed by atoms with Gasteiger partial charge in [0.15, 0.2) is 0 Å². The molecule has 1 aromatic heterocycles. The van der Waals surface area contributed by atoms with E-state index in [0.717, 1.165) is 14.9 Å². The van der Waals surface area contributed by atoms with Crippen molar-refractivity contribution in [2.24, 2.45) is 0 Å². The molecule has 0 unspecified atom stereocenters. The minimum atomic E-state index is -0.132. The van der Waals surface area contributed by atoms with Gasteiger partial charge in [0.05, 0.1) is 9.83 Å². The quantitative estimate of drug-likeness (QED) is 0.844. The third kappa shape index (κ3) is 3.09. The summed E-state index contributed by atoms with van der Waals surface area (Å²) in [6.07, 6.45) is 1.61. The van der Waals surface area contributed by atoms with Crippen molar-refractivity contribution in [3.8, 4) is 5.75 Å². The first-order valence-corrected chi connectivity index (χ1v) is 6.84. The van der Waals surface area contributed by atoms with E-state index >= 15 is 0 Å². The van der Waals surface area contributed by atoms with Crippen molar-refractivity contribution in [1.29, 1.82) is 0 Å². The molecule has 0 atom stereocenters. The van der Waals surface area contributed by atoms with Gasteiger partial charge in [0.25, 0.3) is 5.91 Å². The highest BCUT2D eigenvalue weighted by Gasteiger charge is 2.15. The summed E-state index contributed by atoms with van der Waals surface area (Å²) in [7, 11) is 1.73. The van der Waals surface area contributed by atoms with Crippen molar-refractivity contribution in [3.63, 3.8) is 0 Å². The van der Waals surface area contributed by atoms with E-state index < -0.39 is 0 Å². The van der Waals surface area contributed by atoms with Crippen LogP contribution < -0.4 is 0 Å². The summed E-state index contributed by atoms with van der Waals surface area (Å²) in [6, 6.07) is 6.77. The Kier molecular flexibility index (Phi) is 4.14. The van der Waals surface area contributed by atoms with Crippen LogP contribution in [0.3, 0.4) is 0 Å². The fourth-order valence-electron chi connectivity index (χ4n) is 1.77. The number of furan rings is 1. The highest BCUT2D eigenvalue weighted by molar-refractivity contribution is 14.1. The number of amides is 1. The van der Waals surface area contributed by atoms with Gasteiger partial charge in [-0.2, -0.15) is 0 Å². The van der Waals surface area contributed by atoms with E-state index in [4.69, 9.17) is 4.42 Å². The molecule has 0 saturated carbocycles. The number of carbonyl (C=O) groups is 1. The zero-order valence-corrected chi connectivity index (χ0v) is 12.8. The topological polar surface area (TPSA) is 53.7 Å². The van der Waals surface area contributed by atoms with Gasteiger partial charge in [-0.1, -0.05) is 0 Å². The number of benzene rings is 1. The largest absolute Gasteiger partial charge is 0.507 e. The monoisotopic (exact) mass is 371 g/mol. The van der Waals surface area contributed by atoms with Crippen LogP contribution in [0.25, 0.3) is 0 Å². The molecule has 0 bridgehead atoms. The molecule has 1 heterocycles. The molecule has 100 valence electrons. The molecule has 0 aliphatic rings. The number of halogens is 1. The maximum atomic E-state index is 12.2.